The zero-order valence-corrected chi connectivity index (χ0v) is 10.8. The van der Waals surface area contributed by atoms with Gasteiger partial charge in [-0.15, -0.1) is 0 Å². The molecule has 1 aromatic rings. The topological polar surface area (TPSA) is 28.9 Å². The lowest BCUT2D eigenvalue weighted by Gasteiger charge is -2.24. The maximum atomic E-state index is 5.67. The highest BCUT2D eigenvalue weighted by molar-refractivity contribution is 5.04. The molecular weight excluding hydrogens is 216 g/mol. The van der Waals surface area contributed by atoms with Crippen LogP contribution in [0.15, 0.2) is 23.0 Å². The number of hydrogen-bond donors (Lipinski definition) is 0. The van der Waals surface area contributed by atoms with Crippen LogP contribution < -0.4 is 0 Å². The Morgan fingerprint density at radius 1 is 1.47 bits per heavy atom. The van der Waals surface area contributed by atoms with Gasteiger partial charge in [0, 0.05) is 37.7 Å². The van der Waals surface area contributed by atoms with Crippen LogP contribution in [0.4, 0.5) is 0 Å². The molecule has 0 spiro atoms. The van der Waals surface area contributed by atoms with Gasteiger partial charge in [0.25, 0.3) is 0 Å². The van der Waals surface area contributed by atoms with Gasteiger partial charge in [0.15, 0.2) is 0 Å². The minimum Gasteiger partial charge on any atom is -0.472 e. The third-order valence-electron chi connectivity index (χ3n) is 3.03. The van der Waals surface area contributed by atoms with Crippen LogP contribution in [-0.4, -0.2) is 56.7 Å². The van der Waals surface area contributed by atoms with E-state index in [-0.39, 0.29) is 0 Å². The molecule has 0 amide bonds. The summed E-state index contributed by atoms with van der Waals surface area (Å²) >= 11 is 0. The summed E-state index contributed by atoms with van der Waals surface area (Å²) in [6, 6.07) is 2.03. The van der Waals surface area contributed by atoms with Gasteiger partial charge in [0.05, 0.1) is 25.7 Å². The van der Waals surface area contributed by atoms with Gasteiger partial charge in [0.1, 0.15) is 0 Å². The zero-order valence-electron chi connectivity index (χ0n) is 10.8. The molecule has 0 aromatic carbocycles. The molecule has 4 nitrogen and oxygen atoms in total. The van der Waals surface area contributed by atoms with Crippen molar-refractivity contribution < 1.29 is 9.15 Å². The first-order valence-electron chi connectivity index (χ1n) is 6.20. The van der Waals surface area contributed by atoms with Crippen molar-refractivity contribution in [2.45, 2.75) is 6.54 Å². The highest BCUT2D eigenvalue weighted by Crippen LogP contribution is 2.12. The van der Waals surface area contributed by atoms with Gasteiger partial charge < -0.3 is 14.1 Å². The molecule has 0 aliphatic carbocycles. The van der Waals surface area contributed by atoms with Gasteiger partial charge in [-0.2, -0.15) is 0 Å². The lowest BCUT2D eigenvalue weighted by molar-refractivity contribution is 0.112. The summed E-state index contributed by atoms with van der Waals surface area (Å²) in [6.45, 7) is 5.87. The molecule has 1 aliphatic heterocycles. The van der Waals surface area contributed by atoms with Crippen molar-refractivity contribution in [3.8, 4) is 0 Å². The van der Waals surface area contributed by atoms with E-state index in [9.17, 15) is 0 Å². The standard InChI is InChI=1S/C13H22N2O2/c1-14(2)7-13-9-15(4-6-17-11-13)8-12-3-5-16-10-12/h3,5,10,13H,4,6-9,11H2,1-2H3/t13-/m0/s1. The molecule has 2 rings (SSSR count). The summed E-state index contributed by atoms with van der Waals surface area (Å²) in [4.78, 5) is 4.68. The summed E-state index contributed by atoms with van der Waals surface area (Å²) in [7, 11) is 4.23. The molecule has 0 N–H and O–H groups in total. The second-order valence-electron chi connectivity index (χ2n) is 5.07. The number of nitrogens with zero attached hydrogens (tertiary/aromatic N) is 2. The highest BCUT2D eigenvalue weighted by atomic mass is 16.5. The first kappa shape index (κ1) is 12.6. The van der Waals surface area contributed by atoms with E-state index in [1.807, 2.05) is 12.3 Å². The predicted molar refractivity (Wildman–Crippen MR) is 66.8 cm³/mol. The van der Waals surface area contributed by atoms with Crippen LogP contribution in [0.25, 0.3) is 0 Å². The Morgan fingerprint density at radius 2 is 2.35 bits per heavy atom. The van der Waals surface area contributed by atoms with Crippen LogP contribution in [0.2, 0.25) is 0 Å². The first-order valence-corrected chi connectivity index (χ1v) is 6.20. The summed E-state index contributed by atoms with van der Waals surface area (Å²) in [6.07, 6.45) is 3.56. The van der Waals surface area contributed by atoms with Gasteiger partial charge in [-0.25, -0.2) is 0 Å². The van der Waals surface area contributed by atoms with E-state index in [2.05, 4.69) is 23.9 Å². The van der Waals surface area contributed by atoms with E-state index in [0.717, 1.165) is 39.4 Å². The molecule has 96 valence electrons. The fraction of sp³-hybridized carbons (Fsp3) is 0.692. The molecule has 1 aromatic heterocycles. The Morgan fingerprint density at radius 3 is 3.06 bits per heavy atom. The molecular formula is C13H22N2O2. The summed E-state index contributed by atoms with van der Waals surface area (Å²) in [5, 5.41) is 0. The maximum Gasteiger partial charge on any atom is 0.0947 e. The van der Waals surface area contributed by atoms with Crippen molar-refractivity contribution in [1.82, 2.24) is 9.80 Å². The molecule has 17 heavy (non-hydrogen) atoms. The Bertz CT molecular complexity index is 311. The van der Waals surface area contributed by atoms with Gasteiger partial charge in [0.2, 0.25) is 0 Å². The van der Waals surface area contributed by atoms with Crippen LogP contribution in [-0.2, 0) is 11.3 Å². The van der Waals surface area contributed by atoms with E-state index in [4.69, 9.17) is 9.15 Å². The van der Waals surface area contributed by atoms with E-state index < -0.39 is 0 Å². The number of hydrogen-bond acceptors (Lipinski definition) is 4. The molecule has 2 heterocycles. The molecule has 0 radical (unpaired) electrons. The molecule has 0 unspecified atom stereocenters. The van der Waals surface area contributed by atoms with Crippen molar-refractivity contribution in [2.75, 3.05) is 46.9 Å². The molecule has 0 saturated carbocycles. The maximum absolute atomic E-state index is 5.67. The van der Waals surface area contributed by atoms with Crippen molar-refractivity contribution in [1.29, 1.82) is 0 Å². The summed E-state index contributed by atoms with van der Waals surface area (Å²) < 4.78 is 10.8. The Balaban J connectivity index is 1.88. The van der Waals surface area contributed by atoms with Gasteiger partial charge in [-0.1, -0.05) is 0 Å². The van der Waals surface area contributed by atoms with Crippen molar-refractivity contribution >= 4 is 0 Å². The fourth-order valence-corrected chi connectivity index (χ4v) is 2.36. The number of rotatable bonds is 4. The smallest absolute Gasteiger partial charge is 0.0947 e. The quantitative estimate of drug-likeness (QED) is 0.790. The predicted octanol–water partition coefficient (Wildman–Crippen LogP) is 1.29. The van der Waals surface area contributed by atoms with Gasteiger partial charge >= 0.3 is 0 Å². The van der Waals surface area contributed by atoms with Crippen LogP contribution >= 0.6 is 0 Å². The number of ether oxygens (including phenoxy) is 1. The Labute approximate surface area is 103 Å². The molecule has 1 fully saturated rings. The largest absolute Gasteiger partial charge is 0.472 e. The molecule has 4 heteroatoms. The van der Waals surface area contributed by atoms with E-state index >= 15 is 0 Å². The third kappa shape index (κ3) is 4.15. The monoisotopic (exact) mass is 238 g/mol. The van der Waals surface area contributed by atoms with Crippen LogP contribution in [0.1, 0.15) is 5.56 Å². The molecule has 0 bridgehead atoms. The first-order chi connectivity index (χ1) is 8.24. The SMILES string of the molecule is CN(C)C[C@@H]1COCCN(Cc2ccoc2)C1. The lowest BCUT2D eigenvalue weighted by atomic mass is 10.1. The lowest BCUT2D eigenvalue weighted by Crippen LogP contribution is -2.34. The normalized spacial score (nSPS) is 22.9. The van der Waals surface area contributed by atoms with E-state index in [1.165, 1.54) is 5.56 Å². The Kier molecular flexibility index (Phi) is 4.59. The third-order valence-corrected chi connectivity index (χ3v) is 3.03. The average Bonchev–Trinajstić information content (AvgIpc) is 2.66. The zero-order chi connectivity index (χ0) is 12.1. The van der Waals surface area contributed by atoms with Crippen LogP contribution in [0.3, 0.4) is 0 Å². The van der Waals surface area contributed by atoms with Crippen molar-refractivity contribution in [3.05, 3.63) is 24.2 Å². The fourth-order valence-electron chi connectivity index (χ4n) is 2.36. The van der Waals surface area contributed by atoms with Gasteiger partial charge in [-0.05, 0) is 20.2 Å². The highest BCUT2D eigenvalue weighted by Gasteiger charge is 2.19. The van der Waals surface area contributed by atoms with E-state index in [1.54, 1.807) is 6.26 Å². The molecule has 1 saturated heterocycles. The molecule has 1 aliphatic rings. The Hall–Kier alpha value is -0.840. The van der Waals surface area contributed by atoms with Crippen molar-refractivity contribution in [2.24, 2.45) is 5.92 Å². The van der Waals surface area contributed by atoms with Gasteiger partial charge in [-0.3, -0.25) is 4.90 Å². The van der Waals surface area contributed by atoms with Crippen LogP contribution in [0, 0.1) is 5.92 Å². The summed E-state index contributed by atoms with van der Waals surface area (Å²) in [5.74, 6) is 0.597. The van der Waals surface area contributed by atoms with Crippen LogP contribution in [0.5, 0.6) is 0 Å². The average molecular weight is 238 g/mol. The minimum absolute atomic E-state index is 0.597. The second kappa shape index (κ2) is 6.19. The minimum atomic E-state index is 0.597. The molecule has 1 atom stereocenters. The second-order valence-corrected chi connectivity index (χ2v) is 5.07. The van der Waals surface area contributed by atoms with E-state index in [0.29, 0.717) is 5.92 Å². The number of furan rings is 1. The van der Waals surface area contributed by atoms with Crippen molar-refractivity contribution in [3.63, 3.8) is 0 Å². The summed E-state index contributed by atoms with van der Waals surface area (Å²) in [5.41, 5.74) is 1.25.